The molecule has 1 nitrogen and oxygen atoms in total. The van der Waals surface area contributed by atoms with Crippen LogP contribution in [0.25, 0.3) is 10.6 Å². The molecule has 2 rings (SSSR count). The van der Waals surface area contributed by atoms with Crippen LogP contribution in [0.1, 0.15) is 5.69 Å². The molecule has 14 heavy (non-hydrogen) atoms. The summed E-state index contributed by atoms with van der Waals surface area (Å²) in [6.07, 6.45) is 0. The Labute approximate surface area is 105 Å². The molecule has 1 heterocycles. The molecule has 0 bridgehead atoms. The van der Waals surface area contributed by atoms with Crippen molar-refractivity contribution in [1.82, 2.24) is 4.98 Å². The number of benzene rings is 1. The van der Waals surface area contributed by atoms with Gasteiger partial charge < -0.3 is 0 Å². The molecule has 0 saturated carbocycles. The lowest BCUT2D eigenvalue weighted by atomic mass is 10.2. The van der Waals surface area contributed by atoms with Gasteiger partial charge in [-0.2, -0.15) is 0 Å². The lowest BCUT2D eigenvalue weighted by Crippen LogP contribution is -1.79. The number of thiazole rings is 1. The minimum Gasteiger partial charge on any atom is -0.240 e. The maximum atomic E-state index is 5.70. The third-order valence-electron chi connectivity index (χ3n) is 1.78. The molecule has 0 unspecified atom stereocenters. The first kappa shape index (κ1) is 10.4. The van der Waals surface area contributed by atoms with Crippen LogP contribution in [0.15, 0.2) is 29.6 Å². The largest absolute Gasteiger partial charge is 0.240 e. The fraction of sp³-hybridized carbons (Fsp3) is 0.100. The molecule has 0 spiro atoms. The Morgan fingerprint density at radius 2 is 2.00 bits per heavy atom. The Hall–Kier alpha value is -0.130. The quantitative estimate of drug-likeness (QED) is 0.593. The summed E-state index contributed by atoms with van der Waals surface area (Å²) in [6, 6.07) is 8.33. The third-order valence-corrected chi connectivity index (χ3v) is 3.71. The van der Waals surface area contributed by atoms with Gasteiger partial charge in [0.25, 0.3) is 0 Å². The van der Waals surface area contributed by atoms with E-state index < -0.39 is 0 Å². The second-order valence-corrected chi connectivity index (χ2v) is 5.16. The molecule has 0 fully saturated rings. The van der Waals surface area contributed by atoms with Crippen molar-refractivity contribution < 1.29 is 0 Å². The van der Waals surface area contributed by atoms with E-state index in [1.807, 2.05) is 5.38 Å². The van der Waals surface area contributed by atoms with E-state index in [-0.39, 0.29) is 0 Å². The van der Waals surface area contributed by atoms with Crippen LogP contribution in [-0.4, -0.2) is 4.98 Å². The van der Waals surface area contributed by atoms with E-state index in [1.54, 1.807) is 11.3 Å². The van der Waals surface area contributed by atoms with Gasteiger partial charge in [0, 0.05) is 14.5 Å². The zero-order valence-corrected chi connectivity index (χ0v) is 10.9. The summed E-state index contributed by atoms with van der Waals surface area (Å²) >= 11 is 9.62. The van der Waals surface area contributed by atoms with Gasteiger partial charge in [-0.3, -0.25) is 0 Å². The van der Waals surface area contributed by atoms with Crippen molar-refractivity contribution in [2.24, 2.45) is 0 Å². The van der Waals surface area contributed by atoms with Gasteiger partial charge in [-0.05, 0) is 34.7 Å². The highest BCUT2D eigenvalue weighted by Gasteiger charge is 2.03. The van der Waals surface area contributed by atoms with Crippen LogP contribution in [0, 0.1) is 3.57 Å². The molecular formula is C10H7ClINS. The van der Waals surface area contributed by atoms with Gasteiger partial charge in [0.15, 0.2) is 0 Å². The number of aromatic nitrogens is 1. The monoisotopic (exact) mass is 335 g/mol. The van der Waals surface area contributed by atoms with Gasteiger partial charge in [0.2, 0.25) is 0 Å². The smallest absolute Gasteiger partial charge is 0.123 e. The van der Waals surface area contributed by atoms with Crippen molar-refractivity contribution in [3.05, 3.63) is 38.9 Å². The molecule has 1 aromatic heterocycles. The molecule has 4 heteroatoms. The Morgan fingerprint density at radius 1 is 1.29 bits per heavy atom. The predicted molar refractivity (Wildman–Crippen MR) is 69.8 cm³/mol. The number of halogens is 2. The SMILES string of the molecule is ClCc1csc(-c2ccc(I)cc2)n1. The lowest BCUT2D eigenvalue weighted by molar-refractivity contribution is 1.23. The Kier molecular flexibility index (Phi) is 3.41. The topological polar surface area (TPSA) is 12.9 Å². The second kappa shape index (κ2) is 4.59. The van der Waals surface area contributed by atoms with Gasteiger partial charge in [0.1, 0.15) is 5.01 Å². The third kappa shape index (κ3) is 2.27. The second-order valence-electron chi connectivity index (χ2n) is 2.78. The number of alkyl halides is 1. The van der Waals surface area contributed by atoms with Gasteiger partial charge in [-0.15, -0.1) is 22.9 Å². The predicted octanol–water partition coefficient (Wildman–Crippen LogP) is 4.15. The van der Waals surface area contributed by atoms with E-state index in [2.05, 4.69) is 51.8 Å². The van der Waals surface area contributed by atoms with Crippen LogP contribution in [-0.2, 0) is 5.88 Å². The molecule has 0 aliphatic carbocycles. The highest BCUT2D eigenvalue weighted by atomic mass is 127. The Morgan fingerprint density at radius 3 is 2.57 bits per heavy atom. The normalized spacial score (nSPS) is 10.4. The van der Waals surface area contributed by atoms with Crippen LogP contribution >= 0.6 is 45.5 Å². The average molecular weight is 336 g/mol. The average Bonchev–Trinajstić information content (AvgIpc) is 2.67. The summed E-state index contributed by atoms with van der Waals surface area (Å²) in [6.45, 7) is 0. The zero-order valence-electron chi connectivity index (χ0n) is 7.21. The van der Waals surface area contributed by atoms with Gasteiger partial charge >= 0.3 is 0 Å². The highest BCUT2D eigenvalue weighted by Crippen LogP contribution is 2.24. The standard InChI is InChI=1S/C10H7ClINS/c11-5-9-6-14-10(13-9)7-1-3-8(12)4-2-7/h1-4,6H,5H2. The fourth-order valence-electron chi connectivity index (χ4n) is 1.09. The summed E-state index contributed by atoms with van der Waals surface area (Å²) in [4.78, 5) is 4.41. The number of hydrogen-bond donors (Lipinski definition) is 0. The van der Waals surface area contributed by atoms with Crippen molar-refractivity contribution in [2.75, 3.05) is 0 Å². The summed E-state index contributed by atoms with van der Waals surface area (Å²) in [5.74, 6) is 0.487. The molecule has 72 valence electrons. The van der Waals surface area contributed by atoms with E-state index in [0.29, 0.717) is 5.88 Å². The van der Waals surface area contributed by atoms with Crippen LogP contribution < -0.4 is 0 Å². The lowest BCUT2D eigenvalue weighted by Gasteiger charge is -1.95. The van der Waals surface area contributed by atoms with Crippen molar-refractivity contribution >= 4 is 45.5 Å². The molecule has 0 amide bonds. The molecule has 2 aromatic rings. The summed E-state index contributed by atoms with van der Waals surface area (Å²) in [5.41, 5.74) is 2.11. The zero-order chi connectivity index (χ0) is 9.97. The molecule has 0 N–H and O–H groups in total. The molecule has 0 saturated heterocycles. The van der Waals surface area contributed by atoms with E-state index >= 15 is 0 Å². The van der Waals surface area contributed by atoms with Gasteiger partial charge in [-0.1, -0.05) is 12.1 Å². The highest BCUT2D eigenvalue weighted by molar-refractivity contribution is 14.1. The van der Waals surface area contributed by atoms with E-state index in [1.165, 1.54) is 3.57 Å². The first-order valence-electron chi connectivity index (χ1n) is 4.06. The van der Waals surface area contributed by atoms with E-state index in [4.69, 9.17) is 11.6 Å². The van der Waals surface area contributed by atoms with Gasteiger partial charge in [0.05, 0.1) is 11.6 Å². The molecule has 0 atom stereocenters. The first-order valence-corrected chi connectivity index (χ1v) is 6.55. The maximum Gasteiger partial charge on any atom is 0.123 e. The summed E-state index contributed by atoms with van der Waals surface area (Å²) < 4.78 is 1.24. The number of nitrogens with zero attached hydrogens (tertiary/aromatic N) is 1. The van der Waals surface area contributed by atoms with Crippen molar-refractivity contribution in [3.63, 3.8) is 0 Å². The van der Waals surface area contributed by atoms with Crippen molar-refractivity contribution in [2.45, 2.75) is 5.88 Å². The molecule has 1 aromatic carbocycles. The Balaban J connectivity index is 2.34. The number of rotatable bonds is 2. The van der Waals surface area contributed by atoms with E-state index in [9.17, 15) is 0 Å². The fourth-order valence-corrected chi connectivity index (χ4v) is 2.51. The molecule has 0 aliphatic rings. The van der Waals surface area contributed by atoms with Crippen LogP contribution in [0.5, 0.6) is 0 Å². The van der Waals surface area contributed by atoms with Gasteiger partial charge in [-0.25, -0.2) is 4.98 Å². The minimum absolute atomic E-state index is 0.487. The minimum atomic E-state index is 0.487. The summed E-state index contributed by atoms with van der Waals surface area (Å²) in [7, 11) is 0. The number of hydrogen-bond acceptors (Lipinski definition) is 2. The molecular weight excluding hydrogens is 329 g/mol. The molecule has 0 aliphatic heterocycles. The van der Waals surface area contributed by atoms with E-state index in [0.717, 1.165) is 16.3 Å². The molecule has 0 radical (unpaired) electrons. The first-order chi connectivity index (χ1) is 6.79. The van der Waals surface area contributed by atoms with Crippen molar-refractivity contribution in [3.8, 4) is 10.6 Å². The van der Waals surface area contributed by atoms with Crippen LogP contribution in [0.2, 0.25) is 0 Å². The van der Waals surface area contributed by atoms with Crippen LogP contribution in [0.3, 0.4) is 0 Å². The van der Waals surface area contributed by atoms with Crippen LogP contribution in [0.4, 0.5) is 0 Å². The maximum absolute atomic E-state index is 5.70. The van der Waals surface area contributed by atoms with Crippen molar-refractivity contribution in [1.29, 1.82) is 0 Å². The summed E-state index contributed by atoms with van der Waals surface area (Å²) in [5, 5.41) is 3.04. The Bertz CT molecular complexity index is 424.